The predicted octanol–water partition coefficient (Wildman–Crippen LogP) is 3.39. The highest BCUT2D eigenvalue weighted by molar-refractivity contribution is 7.89. The van der Waals surface area contributed by atoms with Crippen LogP contribution in [0, 0.1) is 6.92 Å². The van der Waals surface area contributed by atoms with Crippen LogP contribution in [0.2, 0.25) is 0 Å². The Morgan fingerprint density at radius 2 is 1.58 bits per heavy atom. The lowest BCUT2D eigenvalue weighted by atomic mass is 10.1. The smallest absolute Gasteiger partial charge is 0.255 e. The molecule has 0 aromatic heterocycles. The number of anilines is 1. The minimum absolute atomic E-state index is 0.0210. The van der Waals surface area contributed by atoms with Crippen molar-refractivity contribution >= 4 is 27.5 Å². The van der Waals surface area contributed by atoms with Crippen LogP contribution in [0.15, 0.2) is 77.7 Å². The molecule has 0 aliphatic carbocycles. The highest BCUT2D eigenvalue weighted by Gasteiger charge is 2.16. The topological polar surface area (TPSA) is 118 Å². The maximum Gasteiger partial charge on any atom is 0.255 e. The molecule has 3 rings (SSSR count). The molecule has 0 aliphatic rings. The lowest BCUT2D eigenvalue weighted by Crippen LogP contribution is -2.27. The molecular formula is C23H23N3O4S. The predicted molar refractivity (Wildman–Crippen MR) is 119 cm³/mol. The van der Waals surface area contributed by atoms with Gasteiger partial charge in [0.15, 0.2) is 0 Å². The summed E-state index contributed by atoms with van der Waals surface area (Å²) in [6.45, 7) is 3.58. The number of carbonyl (C=O) groups is 2. The molecule has 2 amide bonds. The van der Waals surface area contributed by atoms with E-state index in [0.29, 0.717) is 22.4 Å². The first-order valence-electron chi connectivity index (χ1n) is 9.56. The summed E-state index contributed by atoms with van der Waals surface area (Å²) >= 11 is 0. The number of aryl methyl sites for hydroxylation is 1. The van der Waals surface area contributed by atoms with E-state index >= 15 is 0 Å². The highest BCUT2D eigenvalue weighted by Crippen LogP contribution is 2.20. The van der Waals surface area contributed by atoms with Gasteiger partial charge >= 0.3 is 0 Å². The van der Waals surface area contributed by atoms with Crippen LogP contribution < -0.4 is 15.8 Å². The molecule has 0 radical (unpaired) electrons. The Morgan fingerprint density at radius 3 is 2.26 bits per heavy atom. The molecule has 160 valence electrons. The quantitative estimate of drug-likeness (QED) is 0.548. The molecule has 31 heavy (non-hydrogen) atoms. The van der Waals surface area contributed by atoms with E-state index in [1.807, 2.05) is 13.0 Å². The molecular weight excluding hydrogens is 414 g/mol. The van der Waals surface area contributed by atoms with E-state index in [2.05, 4.69) is 10.6 Å². The molecule has 0 saturated heterocycles. The third kappa shape index (κ3) is 5.56. The van der Waals surface area contributed by atoms with E-state index in [9.17, 15) is 18.0 Å². The van der Waals surface area contributed by atoms with Gasteiger partial charge in [0.1, 0.15) is 0 Å². The minimum atomic E-state index is -3.84. The van der Waals surface area contributed by atoms with Gasteiger partial charge in [0.05, 0.1) is 10.9 Å². The van der Waals surface area contributed by atoms with Crippen LogP contribution in [0.5, 0.6) is 0 Å². The fourth-order valence-corrected chi connectivity index (χ4v) is 3.57. The average molecular weight is 438 g/mol. The second-order valence-electron chi connectivity index (χ2n) is 7.16. The van der Waals surface area contributed by atoms with E-state index in [4.69, 9.17) is 5.14 Å². The summed E-state index contributed by atoms with van der Waals surface area (Å²) in [7, 11) is -3.84. The molecule has 1 unspecified atom stereocenters. The second-order valence-corrected chi connectivity index (χ2v) is 8.72. The first-order chi connectivity index (χ1) is 14.6. The van der Waals surface area contributed by atoms with Crippen molar-refractivity contribution in [1.82, 2.24) is 5.32 Å². The number of rotatable bonds is 6. The Morgan fingerprint density at radius 1 is 0.871 bits per heavy atom. The summed E-state index contributed by atoms with van der Waals surface area (Å²) < 4.78 is 23.1. The first kappa shape index (κ1) is 22.2. The van der Waals surface area contributed by atoms with Gasteiger partial charge in [0.2, 0.25) is 10.0 Å². The van der Waals surface area contributed by atoms with Crippen molar-refractivity contribution in [2.24, 2.45) is 5.14 Å². The lowest BCUT2D eigenvalue weighted by molar-refractivity contribution is 0.0938. The molecule has 0 bridgehead atoms. The van der Waals surface area contributed by atoms with Crippen LogP contribution in [0.1, 0.15) is 44.8 Å². The van der Waals surface area contributed by atoms with Gasteiger partial charge in [-0.05, 0) is 61.4 Å². The van der Waals surface area contributed by atoms with Crippen molar-refractivity contribution in [2.75, 3.05) is 5.32 Å². The first-order valence-corrected chi connectivity index (χ1v) is 11.1. The SMILES string of the molecule is Cc1ccc(C(=O)NC(C)c2cccc(S(N)(=O)=O)c2)cc1NC(=O)c1ccccc1. The number of sulfonamides is 1. The molecule has 4 N–H and O–H groups in total. The maximum absolute atomic E-state index is 12.8. The van der Waals surface area contributed by atoms with Gasteiger partial charge in [-0.15, -0.1) is 0 Å². The Kier molecular flexibility index (Phi) is 6.53. The Hall–Kier alpha value is -3.49. The van der Waals surface area contributed by atoms with Gasteiger partial charge in [-0.1, -0.05) is 36.4 Å². The lowest BCUT2D eigenvalue weighted by Gasteiger charge is -2.16. The van der Waals surface area contributed by atoms with Crippen molar-refractivity contribution in [3.63, 3.8) is 0 Å². The Bertz CT molecular complexity index is 1220. The second kappa shape index (κ2) is 9.11. The molecule has 0 fully saturated rings. The van der Waals surface area contributed by atoms with Gasteiger partial charge < -0.3 is 10.6 Å². The maximum atomic E-state index is 12.8. The van der Waals surface area contributed by atoms with Crippen molar-refractivity contribution in [3.8, 4) is 0 Å². The van der Waals surface area contributed by atoms with Crippen LogP contribution >= 0.6 is 0 Å². The molecule has 3 aromatic carbocycles. The Labute approximate surface area is 181 Å². The largest absolute Gasteiger partial charge is 0.346 e. The van der Waals surface area contributed by atoms with E-state index in [1.54, 1.807) is 61.5 Å². The third-order valence-corrected chi connectivity index (χ3v) is 5.73. The van der Waals surface area contributed by atoms with Crippen molar-refractivity contribution in [1.29, 1.82) is 0 Å². The number of nitrogens with two attached hydrogens (primary N) is 1. The number of amides is 2. The highest BCUT2D eigenvalue weighted by atomic mass is 32.2. The minimum Gasteiger partial charge on any atom is -0.346 e. The summed E-state index contributed by atoms with van der Waals surface area (Å²) in [5.74, 6) is -0.627. The zero-order valence-electron chi connectivity index (χ0n) is 17.1. The Balaban J connectivity index is 1.76. The molecule has 1 atom stereocenters. The molecule has 8 heteroatoms. The van der Waals surface area contributed by atoms with Gasteiger partial charge in [0.25, 0.3) is 11.8 Å². The zero-order chi connectivity index (χ0) is 22.6. The van der Waals surface area contributed by atoms with E-state index in [-0.39, 0.29) is 16.7 Å². The molecule has 3 aromatic rings. The summed E-state index contributed by atoms with van der Waals surface area (Å²) in [6, 6.07) is 19.5. The van der Waals surface area contributed by atoms with Gasteiger partial charge in [-0.3, -0.25) is 9.59 Å². The van der Waals surface area contributed by atoms with Crippen molar-refractivity contribution in [2.45, 2.75) is 24.8 Å². The van der Waals surface area contributed by atoms with E-state index < -0.39 is 16.1 Å². The molecule has 0 heterocycles. The van der Waals surface area contributed by atoms with Crippen LogP contribution in [0.3, 0.4) is 0 Å². The summed E-state index contributed by atoms with van der Waals surface area (Å²) in [5, 5.41) is 10.8. The van der Waals surface area contributed by atoms with Gasteiger partial charge in [-0.25, -0.2) is 13.6 Å². The third-order valence-electron chi connectivity index (χ3n) is 4.82. The van der Waals surface area contributed by atoms with Crippen LogP contribution in [-0.4, -0.2) is 20.2 Å². The fourth-order valence-electron chi connectivity index (χ4n) is 3.01. The van der Waals surface area contributed by atoms with E-state index in [1.165, 1.54) is 12.1 Å². The average Bonchev–Trinajstić information content (AvgIpc) is 2.75. The van der Waals surface area contributed by atoms with Crippen molar-refractivity contribution < 1.29 is 18.0 Å². The summed E-state index contributed by atoms with van der Waals surface area (Å²) in [4.78, 5) is 25.2. The summed E-state index contributed by atoms with van der Waals surface area (Å²) in [6.07, 6.45) is 0. The fraction of sp³-hybridized carbons (Fsp3) is 0.130. The zero-order valence-corrected chi connectivity index (χ0v) is 17.9. The molecule has 0 aliphatic heterocycles. The number of primary sulfonamides is 1. The number of nitrogens with one attached hydrogen (secondary N) is 2. The normalized spacial score (nSPS) is 12.1. The van der Waals surface area contributed by atoms with Crippen LogP contribution in [0.4, 0.5) is 5.69 Å². The van der Waals surface area contributed by atoms with Crippen LogP contribution in [-0.2, 0) is 10.0 Å². The molecule has 0 spiro atoms. The van der Waals surface area contributed by atoms with Gasteiger partial charge in [-0.2, -0.15) is 0 Å². The van der Waals surface area contributed by atoms with Crippen LogP contribution in [0.25, 0.3) is 0 Å². The monoisotopic (exact) mass is 437 g/mol. The standard InChI is InChI=1S/C23H23N3O4S/c1-15-11-12-19(14-21(15)26-22(27)17-7-4-3-5-8-17)23(28)25-16(2)18-9-6-10-20(13-18)31(24,29)30/h3-14,16H,1-2H3,(H,25,28)(H,26,27)(H2,24,29,30). The number of hydrogen-bond donors (Lipinski definition) is 3. The number of benzene rings is 3. The molecule has 0 saturated carbocycles. The van der Waals surface area contributed by atoms with Crippen molar-refractivity contribution in [3.05, 3.63) is 95.1 Å². The van der Waals surface area contributed by atoms with Gasteiger partial charge in [0, 0.05) is 16.8 Å². The number of hydrogen-bond acceptors (Lipinski definition) is 4. The summed E-state index contributed by atoms with van der Waals surface area (Å²) in [5.41, 5.74) is 2.83. The van der Waals surface area contributed by atoms with E-state index in [0.717, 1.165) is 5.56 Å². The number of carbonyl (C=O) groups excluding carboxylic acids is 2. The molecule has 7 nitrogen and oxygen atoms in total.